The van der Waals surface area contributed by atoms with Crippen LogP contribution in [0, 0.1) is 0 Å². The lowest BCUT2D eigenvalue weighted by atomic mass is 9.83. The van der Waals surface area contributed by atoms with E-state index in [4.69, 9.17) is 0 Å². The van der Waals surface area contributed by atoms with Gasteiger partial charge in [0.25, 0.3) is 0 Å². The first-order chi connectivity index (χ1) is 11.8. The summed E-state index contributed by atoms with van der Waals surface area (Å²) in [6.07, 6.45) is 0.804. The van der Waals surface area contributed by atoms with Crippen molar-refractivity contribution in [1.29, 1.82) is 0 Å². The fourth-order valence-corrected chi connectivity index (χ4v) is 2.86. The molecular weight excluding hydrogens is 300 g/mol. The van der Waals surface area contributed by atoms with Crippen molar-refractivity contribution in [2.24, 2.45) is 0 Å². The van der Waals surface area contributed by atoms with E-state index in [0.29, 0.717) is 11.1 Å². The molecule has 0 aliphatic carbocycles. The van der Waals surface area contributed by atoms with E-state index in [0.717, 1.165) is 17.4 Å². The predicted molar refractivity (Wildman–Crippen MR) is 90.9 cm³/mol. The highest BCUT2D eigenvalue weighted by atomic mass is 17.1. The normalized spacial score (nSPS) is 12.6. The number of rotatable bonds is 5. The largest absolute Gasteiger partial charge is 0.462 e. The van der Waals surface area contributed by atoms with Crippen molar-refractivity contribution < 1.29 is 14.6 Å². The van der Waals surface area contributed by atoms with Crippen LogP contribution in [0.5, 0.6) is 0 Å². The highest BCUT2D eigenvalue weighted by Gasteiger charge is 2.32. The van der Waals surface area contributed by atoms with Gasteiger partial charge in [0, 0.05) is 5.56 Å². The van der Waals surface area contributed by atoms with Crippen molar-refractivity contribution in [3.8, 4) is 0 Å². The van der Waals surface area contributed by atoms with Crippen LogP contribution in [0.15, 0.2) is 84.9 Å². The van der Waals surface area contributed by atoms with Crippen LogP contribution in [-0.2, 0) is 0 Å². The molecule has 0 saturated heterocycles. The van der Waals surface area contributed by atoms with Gasteiger partial charge < -0.3 is 5.26 Å². The van der Waals surface area contributed by atoms with Crippen molar-refractivity contribution in [3.05, 3.63) is 107 Å². The topological polar surface area (TPSA) is 51.4 Å². The molecule has 3 rings (SSSR count). The molecule has 0 aromatic heterocycles. The molecule has 3 nitrogen and oxygen atoms in total. The Kier molecular flexibility index (Phi) is 4.82. The number of hydrogen-bond donors (Lipinski definition) is 0. The maximum atomic E-state index is 11.6. The highest BCUT2D eigenvalue weighted by Crippen LogP contribution is 2.30. The van der Waals surface area contributed by atoms with Gasteiger partial charge >= 0.3 is 5.78 Å². The molecule has 3 heteroatoms. The third-order valence-electron chi connectivity index (χ3n) is 3.98. The summed E-state index contributed by atoms with van der Waals surface area (Å²) in [4.78, 5) is 11.5. The zero-order chi connectivity index (χ0) is 16.8. The van der Waals surface area contributed by atoms with Crippen molar-refractivity contribution in [1.82, 2.24) is 0 Å². The minimum atomic E-state index is -0.451. The van der Waals surface area contributed by atoms with Gasteiger partial charge in [-0.2, -0.15) is 4.58 Å². The van der Waals surface area contributed by atoms with E-state index >= 15 is 0 Å². The number of benzene rings is 3. The molecule has 1 atom stereocenters. The Morgan fingerprint density at radius 3 is 2.04 bits per heavy atom. The molecule has 0 aliphatic rings. The fraction of sp³-hybridized carbons (Fsp3) is 0.0476. The van der Waals surface area contributed by atoms with Gasteiger partial charge in [-0.25, -0.2) is 0 Å². The van der Waals surface area contributed by atoms with Crippen molar-refractivity contribution in [3.63, 3.8) is 0 Å². The first kappa shape index (κ1) is 15.7. The zero-order valence-corrected chi connectivity index (χ0v) is 13.0. The average Bonchev–Trinajstić information content (AvgIpc) is 2.67. The van der Waals surface area contributed by atoms with Gasteiger partial charge in [-0.3, -0.25) is 4.79 Å². The van der Waals surface area contributed by atoms with Crippen molar-refractivity contribution in [2.45, 2.75) is 5.92 Å². The number of hydrogen-bond acceptors (Lipinski definition) is 2. The monoisotopic (exact) mass is 316 g/mol. The van der Waals surface area contributed by atoms with E-state index in [1.807, 2.05) is 72.8 Å². The van der Waals surface area contributed by atoms with Gasteiger partial charge in [-0.05, 0) is 23.3 Å². The lowest BCUT2D eigenvalue weighted by Crippen LogP contribution is -2.20. The minimum Gasteiger partial charge on any atom is -0.462 e. The Morgan fingerprint density at radius 2 is 1.42 bits per heavy atom. The summed E-state index contributed by atoms with van der Waals surface area (Å²) in [7, 11) is 0. The van der Waals surface area contributed by atoms with Crippen LogP contribution in [0.25, 0.3) is 0 Å². The second-order valence-corrected chi connectivity index (χ2v) is 5.40. The lowest BCUT2D eigenvalue weighted by molar-refractivity contribution is -0.938. The molecule has 0 radical (unpaired) electrons. The SMILES string of the molecule is O=Cc1ccccc1C(C(=[O+][O-])c1ccccc1)c1ccccc1. The molecule has 0 spiro atoms. The van der Waals surface area contributed by atoms with Gasteiger partial charge in [-0.1, -0.05) is 72.8 Å². The van der Waals surface area contributed by atoms with Crippen LogP contribution in [0.3, 0.4) is 0 Å². The summed E-state index contributed by atoms with van der Waals surface area (Å²) < 4.78 is 4.56. The summed E-state index contributed by atoms with van der Waals surface area (Å²) in [5.74, 6) is -0.177. The van der Waals surface area contributed by atoms with Crippen molar-refractivity contribution >= 4 is 12.1 Å². The maximum absolute atomic E-state index is 11.6. The third kappa shape index (κ3) is 3.10. The third-order valence-corrected chi connectivity index (χ3v) is 3.98. The van der Waals surface area contributed by atoms with E-state index < -0.39 is 5.92 Å². The molecule has 0 heterocycles. The molecule has 24 heavy (non-hydrogen) atoms. The molecule has 118 valence electrons. The van der Waals surface area contributed by atoms with Gasteiger partial charge in [0.1, 0.15) is 12.2 Å². The fourth-order valence-electron chi connectivity index (χ4n) is 2.86. The van der Waals surface area contributed by atoms with Crippen LogP contribution >= 0.6 is 0 Å². The molecule has 3 aromatic rings. The summed E-state index contributed by atoms with van der Waals surface area (Å²) in [6.45, 7) is 0. The van der Waals surface area contributed by atoms with E-state index in [2.05, 4.69) is 4.58 Å². The van der Waals surface area contributed by atoms with Gasteiger partial charge in [0.05, 0.1) is 5.56 Å². The number of ketones is 1. The molecule has 0 amide bonds. The van der Waals surface area contributed by atoms with E-state index in [9.17, 15) is 10.1 Å². The summed E-state index contributed by atoms with van der Waals surface area (Å²) in [6, 6.07) is 26.0. The number of aldehydes is 1. The molecule has 3 aromatic carbocycles. The quantitative estimate of drug-likeness (QED) is 0.238. The second-order valence-electron chi connectivity index (χ2n) is 5.40. The predicted octanol–water partition coefficient (Wildman–Crippen LogP) is 3.32. The maximum Gasteiger partial charge on any atom is 0.371 e. The van der Waals surface area contributed by atoms with Crippen LogP contribution in [-0.4, -0.2) is 12.1 Å². The van der Waals surface area contributed by atoms with Gasteiger partial charge in [-0.15, -0.1) is 0 Å². The minimum absolute atomic E-state index is 0.274. The van der Waals surface area contributed by atoms with Crippen LogP contribution in [0.1, 0.15) is 37.5 Å². The Morgan fingerprint density at radius 1 is 0.833 bits per heavy atom. The summed E-state index contributed by atoms with van der Waals surface area (Å²) in [5, 5.41) is 11.6. The molecule has 1 unspecified atom stereocenters. The molecule has 0 N–H and O–H groups in total. The standard InChI is InChI=1S/C21H16O3/c22-15-18-13-7-8-14-19(18)20(16-9-3-1-4-10-16)21(24-23)17-11-5-2-6-12-17/h1-15,20H. The average molecular weight is 316 g/mol. The van der Waals surface area contributed by atoms with E-state index in [-0.39, 0.29) is 5.78 Å². The smallest absolute Gasteiger partial charge is 0.371 e. The second kappa shape index (κ2) is 7.38. The molecular formula is C21H16O3. The number of carbonyl (C=O) groups excluding carboxylic acids is 2. The van der Waals surface area contributed by atoms with Crippen LogP contribution in [0.4, 0.5) is 0 Å². The molecule has 0 bridgehead atoms. The van der Waals surface area contributed by atoms with Crippen LogP contribution < -0.4 is 5.26 Å². The Hall–Kier alpha value is -3.20. The lowest BCUT2D eigenvalue weighted by Gasteiger charge is -2.15. The van der Waals surface area contributed by atoms with Gasteiger partial charge in [0.15, 0.2) is 0 Å². The summed E-state index contributed by atoms with van der Waals surface area (Å²) >= 11 is 0. The van der Waals surface area contributed by atoms with E-state index in [1.54, 1.807) is 12.1 Å². The number of carbonyl (C=O) groups is 1. The Bertz CT molecular complexity index is 839. The van der Waals surface area contributed by atoms with Crippen molar-refractivity contribution in [2.75, 3.05) is 0 Å². The molecule has 0 saturated carbocycles. The summed E-state index contributed by atoms with van der Waals surface area (Å²) in [5.41, 5.74) is 2.87. The first-order valence-electron chi connectivity index (χ1n) is 7.66. The first-order valence-corrected chi connectivity index (χ1v) is 7.66. The van der Waals surface area contributed by atoms with E-state index in [1.165, 1.54) is 0 Å². The Balaban J connectivity index is 2.21. The molecule has 0 aliphatic heterocycles. The molecule has 0 fully saturated rings. The highest BCUT2D eigenvalue weighted by molar-refractivity contribution is 6.04. The van der Waals surface area contributed by atoms with Gasteiger partial charge in [0.2, 0.25) is 0 Å². The zero-order valence-electron chi connectivity index (χ0n) is 13.0. The Labute approximate surface area is 140 Å². The van der Waals surface area contributed by atoms with Crippen LogP contribution in [0.2, 0.25) is 0 Å².